The maximum absolute atomic E-state index is 3.48. The number of hydrogen-bond donors (Lipinski definition) is 0. The first-order valence-corrected chi connectivity index (χ1v) is 22.9. The molecule has 2 fully saturated rings. The number of benzene rings is 3. The van der Waals surface area contributed by atoms with Gasteiger partial charge in [-0.3, -0.25) is 0 Å². The number of allylic oxidation sites excluding steroid dienone is 1. The first kappa shape index (κ1) is 56.5. The number of rotatable bonds is 7. The molecule has 2 aliphatic rings. The fraction of sp³-hybridized carbons (Fsp3) is 0.608. The quantitative estimate of drug-likeness (QED) is 0.132. The molecule has 2 saturated carbocycles. The van der Waals surface area contributed by atoms with Gasteiger partial charge < -0.3 is 0 Å². The van der Waals surface area contributed by atoms with E-state index in [4.69, 9.17) is 0 Å². The molecule has 0 aliphatic heterocycles. The number of thioether (sulfide) groups is 1. The average Bonchev–Trinajstić information content (AvgIpc) is 3.49. The van der Waals surface area contributed by atoms with Crippen LogP contribution in [0.2, 0.25) is 0 Å². The van der Waals surface area contributed by atoms with Gasteiger partial charge in [0.25, 0.3) is 0 Å². The molecule has 2 aliphatic carbocycles. The Morgan fingerprint density at radius 1 is 0.519 bits per heavy atom. The Kier molecular flexibility index (Phi) is 55.2. The van der Waals surface area contributed by atoms with Crippen LogP contribution in [0.25, 0.3) is 0 Å². The van der Waals surface area contributed by atoms with Crippen molar-refractivity contribution in [1.29, 1.82) is 0 Å². The summed E-state index contributed by atoms with van der Waals surface area (Å²) in [6.07, 6.45) is 24.2. The van der Waals surface area contributed by atoms with Crippen LogP contribution in [0, 0.1) is 11.8 Å². The SMILES string of the molecule is C=CCC.CC.CC.CC.CC1CCCCC1.CC1CCCCCC1.CCCSc1ccccc1.CCCc1ccccc1.CCc1ccccc1. The Bertz CT molecular complexity index is 967. The lowest BCUT2D eigenvalue weighted by molar-refractivity contribution is 0.385. The lowest BCUT2D eigenvalue weighted by Gasteiger charge is -2.15. The summed E-state index contributed by atoms with van der Waals surface area (Å²) in [6.45, 7) is 28.8. The molecule has 0 aromatic heterocycles. The van der Waals surface area contributed by atoms with Gasteiger partial charge in [-0.25, -0.2) is 0 Å². The molecule has 0 unspecified atom stereocenters. The molecule has 0 spiro atoms. The third-order valence-electron chi connectivity index (χ3n) is 8.17. The van der Waals surface area contributed by atoms with E-state index < -0.39 is 0 Å². The van der Waals surface area contributed by atoms with Crippen LogP contribution in [0.5, 0.6) is 0 Å². The van der Waals surface area contributed by atoms with Crippen molar-refractivity contribution >= 4 is 11.8 Å². The maximum Gasteiger partial charge on any atom is 0.00719 e. The van der Waals surface area contributed by atoms with Crippen molar-refractivity contribution < 1.29 is 0 Å². The van der Waals surface area contributed by atoms with Gasteiger partial charge in [0.15, 0.2) is 0 Å². The van der Waals surface area contributed by atoms with Crippen LogP contribution >= 0.6 is 11.8 Å². The van der Waals surface area contributed by atoms with Gasteiger partial charge in [-0.05, 0) is 66.5 Å². The highest BCUT2D eigenvalue weighted by molar-refractivity contribution is 7.99. The van der Waals surface area contributed by atoms with Gasteiger partial charge in [-0.15, -0.1) is 18.3 Å². The Balaban J connectivity index is -0.000000261. The lowest BCUT2D eigenvalue weighted by Crippen LogP contribution is -1.99. The highest BCUT2D eigenvalue weighted by atomic mass is 32.2. The van der Waals surface area contributed by atoms with Crippen LogP contribution in [0.15, 0.2) is 109 Å². The molecule has 3 aromatic carbocycles. The van der Waals surface area contributed by atoms with Gasteiger partial charge in [-0.2, -0.15) is 0 Å². The first-order chi connectivity index (χ1) is 25.5. The molecular weight excluding hydrogens is 645 g/mol. The second-order valence-corrected chi connectivity index (χ2v) is 13.9. The van der Waals surface area contributed by atoms with E-state index in [-0.39, 0.29) is 0 Å². The summed E-state index contributed by atoms with van der Waals surface area (Å²) >= 11 is 1.92. The monoisotopic (exact) mass is 735 g/mol. The summed E-state index contributed by atoms with van der Waals surface area (Å²) in [4.78, 5) is 1.38. The zero-order chi connectivity index (χ0) is 39.9. The molecule has 0 atom stereocenters. The summed E-state index contributed by atoms with van der Waals surface area (Å²) in [5.41, 5.74) is 2.85. The van der Waals surface area contributed by atoms with Gasteiger partial charge in [0.05, 0.1) is 0 Å². The predicted octanol–water partition coefficient (Wildman–Crippen LogP) is 18.3. The zero-order valence-corrected chi connectivity index (χ0v) is 37.8. The molecule has 5 rings (SSSR count). The van der Waals surface area contributed by atoms with Gasteiger partial charge >= 0.3 is 0 Å². The fourth-order valence-corrected chi connectivity index (χ4v) is 5.96. The molecule has 0 heterocycles. The average molecular weight is 735 g/mol. The van der Waals surface area contributed by atoms with Crippen LogP contribution < -0.4 is 0 Å². The third kappa shape index (κ3) is 43.9. The molecule has 0 amide bonds. The third-order valence-corrected chi connectivity index (χ3v) is 9.39. The molecule has 1 heteroatoms. The van der Waals surface area contributed by atoms with Gasteiger partial charge in [-0.1, -0.05) is 245 Å². The highest BCUT2D eigenvalue weighted by Gasteiger charge is 2.06. The van der Waals surface area contributed by atoms with E-state index in [1.807, 2.05) is 65.4 Å². The topological polar surface area (TPSA) is 0 Å². The predicted molar refractivity (Wildman–Crippen MR) is 247 cm³/mol. The molecule has 0 radical (unpaired) electrons. The van der Waals surface area contributed by atoms with Gasteiger partial charge in [0.2, 0.25) is 0 Å². The molecular formula is C51H90S. The van der Waals surface area contributed by atoms with Crippen molar-refractivity contribution in [3.8, 4) is 0 Å². The van der Waals surface area contributed by atoms with Crippen molar-refractivity contribution in [3.05, 3.63) is 115 Å². The van der Waals surface area contributed by atoms with E-state index in [1.54, 1.807) is 0 Å². The minimum absolute atomic E-state index is 1.03. The summed E-state index contributed by atoms with van der Waals surface area (Å²) in [5, 5.41) is 0. The van der Waals surface area contributed by atoms with Crippen LogP contribution in [-0.4, -0.2) is 5.75 Å². The summed E-state index contributed by atoms with van der Waals surface area (Å²) in [6, 6.07) is 31.5. The Morgan fingerprint density at radius 2 is 0.865 bits per heavy atom. The van der Waals surface area contributed by atoms with Crippen molar-refractivity contribution in [3.63, 3.8) is 0 Å². The van der Waals surface area contributed by atoms with Crippen molar-refractivity contribution in [2.75, 3.05) is 5.75 Å². The lowest BCUT2D eigenvalue weighted by atomic mass is 9.91. The van der Waals surface area contributed by atoms with E-state index in [0.717, 1.165) is 24.7 Å². The van der Waals surface area contributed by atoms with E-state index in [9.17, 15) is 0 Å². The minimum atomic E-state index is 1.03. The normalized spacial score (nSPS) is 13.0. The second-order valence-electron chi connectivity index (χ2n) is 12.8. The van der Waals surface area contributed by atoms with E-state index in [2.05, 4.69) is 133 Å². The Hall–Kier alpha value is -2.25. The molecule has 3 aromatic rings. The molecule has 52 heavy (non-hydrogen) atoms. The van der Waals surface area contributed by atoms with Gasteiger partial charge in [0, 0.05) is 4.90 Å². The van der Waals surface area contributed by atoms with Crippen molar-refractivity contribution in [2.45, 2.75) is 191 Å². The summed E-state index contributed by atoms with van der Waals surface area (Å²) in [5.74, 6) is 3.29. The van der Waals surface area contributed by atoms with Gasteiger partial charge in [0.1, 0.15) is 0 Å². The largest absolute Gasteiger partial charge is 0.126 e. The standard InChI is InChI=1S/C9H12S.C9H12.C8H16.C8H10.C7H14.C4H8.3C2H6/c1-2-8-10-9-6-4-3-5-7-9;1-2-6-9-7-4-3-5-8-9;1-8-6-4-2-3-5-7-8;1-2-8-6-4-3-5-7-8;1-7-5-3-2-4-6-7;1-3-4-2;3*1-2/h3-7H,2,8H2,1H3;3-5,7-8H,2,6H2,1H3;8H,2-7H2,1H3;3-7H,2H2,1H3;7H,2-6H2,1H3;3H,1,4H2,2H3;3*1-2H3. The molecule has 0 nitrogen and oxygen atoms in total. The molecule has 300 valence electrons. The fourth-order valence-electron chi connectivity index (χ4n) is 5.17. The summed E-state index contributed by atoms with van der Waals surface area (Å²) < 4.78 is 0. The summed E-state index contributed by atoms with van der Waals surface area (Å²) in [7, 11) is 0. The Morgan fingerprint density at radius 3 is 1.17 bits per heavy atom. The molecule has 0 saturated heterocycles. The smallest absolute Gasteiger partial charge is 0.00719 e. The number of hydrogen-bond acceptors (Lipinski definition) is 1. The zero-order valence-electron chi connectivity index (χ0n) is 37.0. The molecule has 0 bridgehead atoms. The van der Waals surface area contributed by atoms with Crippen molar-refractivity contribution in [1.82, 2.24) is 0 Å². The highest BCUT2D eigenvalue weighted by Crippen LogP contribution is 2.22. The van der Waals surface area contributed by atoms with Crippen LogP contribution in [0.3, 0.4) is 0 Å². The van der Waals surface area contributed by atoms with E-state index >= 15 is 0 Å². The second kappa shape index (κ2) is 50.9. The van der Waals surface area contributed by atoms with Crippen LogP contribution in [-0.2, 0) is 12.8 Å². The first-order valence-electron chi connectivity index (χ1n) is 21.9. The molecule has 0 N–H and O–H groups in total. The maximum atomic E-state index is 3.48. The minimum Gasteiger partial charge on any atom is -0.126 e. The number of aryl methyl sites for hydroxylation is 2. The van der Waals surface area contributed by atoms with Crippen LogP contribution in [0.1, 0.15) is 184 Å². The van der Waals surface area contributed by atoms with Crippen molar-refractivity contribution in [2.24, 2.45) is 11.8 Å². The van der Waals surface area contributed by atoms with Crippen LogP contribution in [0.4, 0.5) is 0 Å². The van der Waals surface area contributed by atoms with E-state index in [1.165, 1.54) is 112 Å². The Labute approximate surface area is 333 Å². The van der Waals surface area contributed by atoms with E-state index in [0.29, 0.717) is 0 Å².